The number of nitrogens with two attached hydrogens (primary N) is 1. The molecule has 0 atom stereocenters. The zero-order valence-corrected chi connectivity index (χ0v) is 9.11. The summed E-state index contributed by atoms with van der Waals surface area (Å²) in [6.45, 7) is 0. The molecule has 1 aliphatic rings. The second kappa shape index (κ2) is 3.63. The minimum absolute atomic E-state index is 0.581. The van der Waals surface area contributed by atoms with Crippen LogP contribution in [0.25, 0.3) is 11.1 Å². The van der Waals surface area contributed by atoms with E-state index in [0.29, 0.717) is 5.82 Å². The van der Waals surface area contributed by atoms with Crippen LogP contribution >= 0.6 is 0 Å². The van der Waals surface area contributed by atoms with Crippen molar-refractivity contribution >= 4 is 5.82 Å². The molecule has 0 saturated carbocycles. The molecule has 0 aliphatic heterocycles. The highest BCUT2D eigenvalue weighted by atomic mass is 14.8. The van der Waals surface area contributed by atoms with Gasteiger partial charge >= 0.3 is 0 Å². The van der Waals surface area contributed by atoms with E-state index in [2.05, 4.69) is 23.2 Å². The van der Waals surface area contributed by atoms with Crippen molar-refractivity contribution in [2.45, 2.75) is 19.3 Å². The molecule has 0 amide bonds. The third kappa shape index (κ3) is 1.56. The van der Waals surface area contributed by atoms with E-state index in [1.54, 1.807) is 6.20 Å². The summed E-state index contributed by atoms with van der Waals surface area (Å²) in [5.74, 6) is 0.581. The number of nitrogens with zero attached hydrogens (tertiary/aromatic N) is 1. The number of aryl methyl sites for hydroxylation is 2. The van der Waals surface area contributed by atoms with E-state index in [-0.39, 0.29) is 0 Å². The van der Waals surface area contributed by atoms with Crippen LogP contribution in [0.4, 0.5) is 5.82 Å². The Morgan fingerprint density at radius 2 is 1.75 bits per heavy atom. The van der Waals surface area contributed by atoms with Gasteiger partial charge in [0.1, 0.15) is 5.82 Å². The van der Waals surface area contributed by atoms with Gasteiger partial charge in [-0.25, -0.2) is 4.98 Å². The summed E-state index contributed by atoms with van der Waals surface area (Å²) in [5, 5.41) is 0. The number of anilines is 1. The quantitative estimate of drug-likeness (QED) is 0.786. The molecule has 1 aromatic heterocycles. The van der Waals surface area contributed by atoms with Crippen LogP contribution in [0.1, 0.15) is 17.5 Å². The Labute approximate surface area is 95.1 Å². The summed E-state index contributed by atoms with van der Waals surface area (Å²) in [7, 11) is 0. The molecule has 0 fully saturated rings. The Balaban J connectivity index is 2.07. The molecule has 0 radical (unpaired) electrons. The smallest absolute Gasteiger partial charge is 0.123 e. The van der Waals surface area contributed by atoms with Crippen molar-refractivity contribution in [3.05, 3.63) is 47.7 Å². The van der Waals surface area contributed by atoms with Crippen molar-refractivity contribution in [3.63, 3.8) is 0 Å². The zero-order chi connectivity index (χ0) is 11.0. The average molecular weight is 210 g/mol. The van der Waals surface area contributed by atoms with Crippen LogP contribution in [0.3, 0.4) is 0 Å². The van der Waals surface area contributed by atoms with Gasteiger partial charge in [-0.1, -0.05) is 18.2 Å². The number of fused-ring (bicyclic) bond motifs is 1. The first-order chi connectivity index (χ1) is 7.83. The lowest BCUT2D eigenvalue weighted by atomic mass is 10.0. The first-order valence-corrected chi connectivity index (χ1v) is 5.66. The highest BCUT2D eigenvalue weighted by molar-refractivity contribution is 5.67. The van der Waals surface area contributed by atoms with Gasteiger partial charge in [0.15, 0.2) is 0 Å². The number of benzene rings is 1. The molecular weight excluding hydrogens is 196 g/mol. The summed E-state index contributed by atoms with van der Waals surface area (Å²) in [5.41, 5.74) is 11.1. The fourth-order valence-electron chi connectivity index (χ4n) is 2.38. The van der Waals surface area contributed by atoms with Crippen LogP contribution in [0.15, 0.2) is 36.5 Å². The van der Waals surface area contributed by atoms with Crippen molar-refractivity contribution in [1.82, 2.24) is 4.98 Å². The molecule has 1 heterocycles. The first kappa shape index (κ1) is 9.40. The molecule has 1 aromatic carbocycles. The highest BCUT2D eigenvalue weighted by Crippen LogP contribution is 2.28. The van der Waals surface area contributed by atoms with Gasteiger partial charge < -0.3 is 5.73 Å². The minimum Gasteiger partial charge on any atom is -0.384 e. The van der Waals surface area contributed by atoms with E-state index in [0.717, 1.165) is 5.56 Å². The van der Waals surface area contributed by atoms with Crippen LogP contribution in [0.2, 0.25) is 0 Å². The number of pyridine rings is 1. The lowest BCUT2D eigenvalue weighted by molar-refractivity contribution is 0.912. The number of nitrogen functional groups attached to an aromatic ring is 1. The summed E-state index contributed by atoms with van der Waals surface area (Å²) in [4.78, 5) is 4.02. The normalized spacial score (nSPS) is 13.8. The van der Waals surface area contributed by atoms with Crippen LogP contribution in [-0.4, -0.2) is 4.98 Å². The van der Waals surface area contributed by atoms with E-state index in [9.17, 15) is 0 Å². The van der Waals surface area contributed by atoms with Gasteiger partial charge in [-0.3, -0.25) is 0 Å². The fourth-order valence-corrected chi connectivity index (χ4v) is 2.38. The Morgan fingerprint density at radius 1 is 0.938 bits per heavy atom. The summed E-state index contributed by atoms with van der Waals surface area (Å²) >= 11 is 0. The van der Waals surface area contributed by atoms with E-state index in [1.807, 2.05) is 12.1 Å². The van der Waals surface area contributed by atoms with Crippen molar-refractivity contribution in [1.29, 1.82) is 0 Å². The fraction of sp³-hybridized carbons (Fsp3) is 0.214. The number of hydrogen-bond acceptors (Lipinski definition) is 2. The number of hydrogen-bond donors (Lipinski definition) is 1. The predicted molar refractivity (Wildman–Crippen MR) is 66.1 cm³/mol. The Hall–Kier alpha value is -1.83. The molecule has 16 heavy (non-hydrogen) atoms. The van der Waals surface area contributed by atoms with Crippen molar-refractivity contribution in [3.8, 4) is 11.1 Å². The maximum absolute atomic E-state index is 5.70. The van der Waals surface area contributed by atoms with Gasteiger partial charge in [-0.15, -0.1) is 0 Å². The summed E-state index contributed by atoms with van der Waals surface area (Å²) < 4.78 is 0. The second-order valence-corrected chi connectivity index (χ2v) is 4.31. The van der Waals surface area contributed by atoms with Gasteiger partial charge in [-0.05, 0) is 53.6 Å². The molecule has 2 heteroatoms. The Morgan fingerprint density at radius 3 is 2.62 bits per heavy atom. The molecule has 80 valence electrons. The topological polar surface area (TPSA) is 38.9 Å². The largest absolute Gasteiger partial charge is 0.384 e. The van der Waals surface area contributed by atoms with Crippen LogP contribution in [0.5, 0.6) is 0 Å². The van der Waals surface area contributed by atoms with E-state index >= 15 is 0 Å². The van der Waals surface area contributed by atoms with E-state index in [1.165, 1.54) is 36.0 Å². The van der Waals surface area contributed by atoms with Gasteiger partial charge in [0.05, 0.1) is 0 Å². The number of aromatic nitrogens is 1. The molecular formula is C14H14N2. The van der Waals surface area contributed by atoms with Crippen molar-refractivity contribution in [2.24, 2.45) is 0 Å². The van der Waals surface area contributed by atoms with E-state index < -0.39 is 0 Å². The summed E-state index contributed by atoms with van der Waals surface area (Å²) in [6.07, 6.45) is 5.49. The Bertz CT molecular complexity index is 532. The van der Waals surface area contributed by atoms with Gasteiger partial charge in [0, 0.05) is 6.20 Å². The second-order valence-electron chi connectivity index (χ2n) is 4.31. The van der Waals surface area contributed by atoms with Crippen LogP contribution in [-0.2, 0) is 12.8 Å². The van der Waals surface area contributed by atoms with Crippen LogP contribution < -0.4 is 5.73 Å². The maximum atomic E-state index is 5.70. The van der Waals surface area contributed by atoms with Gasteiger partial charge in [0.25, 0.3) is 0 Å². The predicted octanol–water partition coefficient (Wildman–Crippen LogP) is 2.82. The maximum Gasteiger partial charge on any atom is 0.123 e. The third-order valence-electron chi connectivity index (χ3n) is 3.21. The van der Waals surface area contributed by atoms with Crippen molar-refractivity contribution in [2.75, 3.05) is 5.73 Å². The lowest BCUT2D eigenvalue weighted by Crippen LogP contribution is -1.90. The zero-order valence-electron chi connectivity index (χ0n) is 9.11. The first-order valence-electron chi connectivity index (χ1n) is 5.66. The highest BCUT2D eigenvalue weighted by Gasteiger charge is 2.11. The monoisotopic (exact) mass is 210 g/mol. The lowest BCUT2D eigenvalue weighted by Gasteiger charge is -2.05. The van der Waals surface area contributed by atoms with Crippen molar-refractivity contribution < 1.29 is 0 Å². The molecule has 0 saturated heterocycles. The molecule has 2 aromatic rings. The molecule has 3 rings (SSSR count). The average Bonchev–Trinajstić information content (AvgIpc) is 2.75. The molecule has 0 unspecified atom stereocenters. The van der Waals surface area contributed by atoms with Crippen LogP contribution in [0, 0.1) is 0 Å². The van der Waals surface area contributed by atoms with Gasteiger partial charge in [0.2, 0.25) is 0 Å². The standard InChI is InChI=1S/C14H14N2/c15-14-9-13(6-7-16-14)12-5-4-10-2-1-3-11(10)8-12/h4-9H,1-3H2,(H2,15,16). The minimum atomic E-state index is 0.581. The molecule has 2 nitrogen and oxygen atoms in total. The SMILES string of the molecule is Nc1cc(-c2ccc3c(c2)CCC3)ccn1. The van der Waals surface area contributed by atoms with Gasteiger partial charge in [-0.2, -0.15) is 0 Å². The molecule has 2 N–H and O–H groups in total. The Kier molecular flexibility index (Phi) is 2.13. The molecule has 0 spiro atoms. The summed E-state index contributed by atoms with van der Waals surface area (Å²) in [6, 6.07) is 10.6. The molecule has 0 bridgehead atoms. The molecule has 1 aliphatic carbocycles. The van der Waals surface area contributed by atoms with E-state index in [4.69, 9.17) is 5.73 Å². The third-order valence-corrected chi connectivity index (χ3v) is 3.21. The number of rotatable bonds is 1.